The first-order chi connectivity index (χ1) is 12.4. The van der Waals surface area contributed by atoms with Gasteiger partial charge in [-0.1, -0.05) is 24.3 Å². The topological polar surface area (TPSA) is 40.2 Å². The monoisotopic (exact) mass is 359 g/mol. The number of nitrogens with zero attached hydrogens (tertiary/aromatic N) is 1. The van der Waals surface area contributed by atoms with E-state index in [0.29, 0.717) is 0 Å². The summed E-state index contributed by atoms with van der Waals surface area (Å²) in [4.78, 5) is 2.48. The molecule has 0 saturated carbocycles. The first-order valence-corrected chi connectivity index (χ1v) is 9.86. The van der Waals surface area contributed by atoms with Gasteiger partial charge in [-0.05, 0) is 38.2 Å². The molecule has 0 amide bonds. The maximum Gasteiger partial charge on any atom is 0.494 e. The van der Waals surface area contributed by atoms with Gasteiger partial charge in [-0.15, -0.1) is 0 Å². The second-order valence-corrected chi connectivity index (χ2v) is 8.49. The smallest absolute Gasteiger partial charge is 0.405 e. The van der Waals surface area contributed by atoms with Crippen LogP contribution in [-0.4, -0.2) is 55.8 Å². The van der Waals surface area contributed by atoms with Crippen molar-refractivity contribution in [3.63, 3.8) is 0 Å². The predicted octanol–water partition coefficient (Wildman–Crippen LogP) is 2.32. The van der Waals surface area contributed by atoms with Gasteiger partial charge < -0.3 is 18.8 Å². The Balaban J connectivity index is 1.39. The third-order valence-corrected chi connectivity index (χ3v) is 5.62. The van der Waals surface area contributed by atoms with Crippen molar-refractivity contribution >= 4 is 12.6 Å². The lowest BCUT2D eigenvalue weighted by atomic mass is 9.74. The maximum absolute atomic E-state index is 6.17. The molecule has 1 atom stereocenters. The van der Waals surface area contributed by atoms with E-state index in [-0.39, 0.29) is 24.6 Å². The van der Waals surface area contributed by atoms with Gasteiger partial charge in [-0.3, -0.25) is 4.90 Å². The SMILES string of the molecule is CC1CC(C)(C)OB(c2cccc(CN3CCC4(CC3)OCCO4)c2)O1. The molecule has 6 heteroatoms. The summed E-state index contributed by atoms with van der Waals surface area (Å²) in [6, 6.07) is 8.63. The van der Waals surface area contributed by atoms with Crippen LogP contribution in [0.2, 0.25) is 0 Å². The van der Waals surface area contributed by atoms with Crippen LogP contribution in [0, 0.1) is 0 Å². The summed E-state index contributed by atoms with van der Waals surface area (Å²) in [5.41, 5.74) is 2.26. The second-order valence-electron chi connectivity index (χ2n) is 8.49. The number of ether oxygens (including phenoxy) is 2. The van der Waals surface area contributed by atoms with Crippen LogP contribution in [-0.2, 0) is 25.3 Å². The fraction of sp³-hybridized carbons (Fsp3) is 0.700. The van der Waals surface area contributed by atoms with Gasteiger partial charge in [0.1, 0.15) is 0 Å². The van der Waals surface area contributed by atoms with E-state index in [4.69, 9.17) is 18.8 Å². The van der Waals surface area contributed by atoms with Crippen molar-refractivity contribution in [3.8, 4) is 0 Å². The van der Waals surface area contributed by atoms with Crippen LogP contribution in [0.4, 0.5) is 0 Å². The van der Waals surface area contributed by atoms with E-state index < -0.39 is 0 Å². The number of hydrogen-bond donors (Lipinski definition) is 0. The molecule has 1 spiro atoms. The van der Waals surface area contributed by atoms with Crippen LogP contribution < -0.4 is 5.46 Å². The molecule has 3 aliphatic heterocycles. The Bertz CT molecular complexity index is 622. The molecule has 3 aliphatic rings. The number of piperidine rings is 1. The van der Waals surface area contributed by atoms with E-state index in [1.807, 2.05) is 0 Å². The van der Waals surface area contributed by atoms with Crippen molar-refractivity contribution in [3.05, 3.63) is 29.8 Å². The van der Waals surface area contributed by atoms with E-state index in [9.17, 15) is 0 Å². The highest BCUT2D eigenvalue weighted by molar-refractivity contribution is 6.61. The first kappa shape index (κ1) is 18.4. The zero-order chi connectivity index (χ0) is 18.2. The van der Waals surface area contributed by atoms with E-state index in [1.165, 1.54) is 5.56 Å². The average molecular weight is 359 g/mol. The molecule has 1 unspecified atom stereocenters. The molecule has 5 nitrogen and oxygen atoms in total. The minimum absolute atomic E-state index is 0.152. The molecular weight excluding hydrogens is 329 g/mol. The quantitative estimate of drug-likeness (QED) is 0.775. The number of benzene rings is 1. The summed E-state index contributed by atoms with van der Waals surface area (Å²) in [6.45, 7) is 10.8. The Kier molecular flexibility index (Phi) is 5.14. The molecule has 0 aliphatic carbocycles. The van der Waals surface area contributed by atoms with Gasteiger partial charge in [0, 0.05) is 38.6 Å². The van der Waals surface area contributed by atoms with Crippen LogP contribution in [0.1, 0.15) is 45.6 Å². The van der Waals surface area contributed by atoms with Gasteiger partial charge in [0.15, 0.2) is 5.79 Å². The van der Waals surface area contributed by atoms with E-state index in [1.54, 1.807) is 0 Å². The third kappa shape index (κ3) is 4.15. The van der Waals surface area contributed by atoms with Gasteiger partial charge in [0.25, 0.3) is 0 Å². The molecule has 3 saturated heterocycles. The van der Waals surface area contributed by atoms with Gasteiger partial charge in [0.2, 0.25) is 0 Å². The number of hydrogen-bond acceptors (Lipinski definition) is 5. The maximum atomic E-state index is 6.17. The molecular formula is C20H30BNO4. The van der Waals surface area contributed by atoms with Crippen molar-refractivity contribution in [2.75, 3.05) is 26.3 Å². The Labute approximate surface area is 157 Å². The Morgan fingerprint density at radius 3 is 2.58 bits per heavy atom. The summed E-state index contributed by atoms with van der Waals surface area (Å²) < 4.78 is 23.9. The van der Waals surface area contributed by atoms with Gasteiger partial charge in [-0.25, -0.2) is 0 Å². The molecule has 142 valence electrons. The van der Waals surface area contributed by atoms with Gasteiger partial charge in [0.05, 0.1) is 18.8 Å². The predicted molar refractivity (Wildman–Crippen MR) is 101 cm³/mol. The zero-order valence-electron chi connectivity index (χ0n) is 16.2. The highest BCUT2D eigenvalue weighted by Gasteiger charge is 2.40. The molecule has 4 rings (SSSR count). The van der Waals surface area contributed by atoms with Crippen molar-refractivity contribution in [2.24, 2.45) is 0 Å². The molecule has 0 N–H and O–H groups in total. The van der Waals surface area contributed by atoms with Crippen LogP contribution in [0.5, 0.6) is 0 Å². The molecule has 26 heavy (non-hydrogen) atoms. The van der Waals surface area contributed by atoms with Gasteiger partial charge >= 0.3 is 7.12 Å². The third-order valence-electron chi connectivity index (χ3n) is 5.62. The number of likely N-dealkylation sites (tertiary alicyclic amines) is 1. The lowest BCUT2D eigenvalue weighted by Crippen LogP contribution is -2.51. The summed E-state index contributed by atoms with van der Waals surface area (Å²) in [5.74, 6) is -0.302. The highest BCUT2D eigenvalue weighted by atomic mass is 16.7. The molecule has 0 aromatic heterocycles. The summed E-state index contributed by atoms with van der Waals surface area (Å²) in [7, 11) is -0.279. The lowest BCUT2D eigenvalue weighted by Gasteiger charge is -2.38. The fourth-order valence-electron chi connectivity index (χ4n) is 4.40. The van der Waals surface area contributed by atoms with Crippen LogP contribution in [0.3, 0.4) is 0 Å². The molecule has 1 aromatic rings. The lowest BCUT2D eigenvalue weighted by molar-refractivity contribution is -0.185. The minimum Gasteiger partial charge on any atom is -0.405 e. The van der Waals surface area contributed by atoms with Crippen LogP contribution >= 0.6 is 0 Å². The minimum atomic E-state index is -0.302. The number of rotatable bonds is 3. The highest BCUT2D eigenvalue weighted by Crippen LogP contribution is 2.31. The largest absolute Gasteiger partial charge is 0.494 e. The second kappa shape index (κ2) is 7.25. The van der Waals surface area contributed by atoms with Crippen LogP contribution in [0.15, 0.2) is 24.3 Å². The van der Waals surface area contributed by atoms with Crippen molar-refractivity contribution < 1.29 is 18.8 Å². The Morgan fingerprint density at radius 1 is 1.15 bits per heavy atom. The molecule has 3 heterocycles. The van der Waals surface area contributed by atoms with Crippen LogP contribution in [0.25, 0.3) is 0 Å². The van der Waals surface area contributed by atoms with E-state index in [2.05, 4.69) is 49.9 Å². The van der Waals surface area contributed by atoms with Crippen molar-refractivity contribution in [1.29, 1.82) is 0 Å². The van der Waals surface area contributed by atoms with E-state index >= 15 is 0 Å². The normalized spacial score (nSPS) is 28.6. The molecule has 3 fully saturated rings. The summed E-state index contributed by atoms with van der Waals surface area (Å²) >= 11 is 0. The molecule has 1 aromatic carbocycles. The zero-order valence-corrected chi connectivity index (χ0v) is 16.2. The molecule has 0 bridgehead atoms. The fourth-order valence-corrected chi connectivity index (χ4v) is 4.40. The summed E-state index contributed by atoms with van der Waals surface area (Å²) in [5, 5.41) is 0. The van der Waals surface area contributed by atoms with Gasteiger partial charge in [-0.2, -0.15) is 0 Å². The average Bonchev–Trinajstić information content (AvgIpc) is 3.04. The Hall–Kier alpha value is -0.915. The van der Waals surface area contributed by atoms with Crippen molar-refractivity contribution in [2.45, 2.75) is 64.1 Å². The summed E-state index contributed by atoms with van der Waals surface area (Å²) in [6.07, 6.45) is 3.03. The molecule has 0 radical (unpaired) electrons. The standard InChI is InChI=1S/C20H30BNO4/c1-16-14-19(2,3)26-21(25-16)18-6-4-5-17(13-18)15-22-9-7-20(8-10-22)23-11-12-24-20/h4-6,13,16H,7-12,14-15H2,1-3H3. The van der Waals surface area contributed by atoms with E-state index in [0.717, 1.165) is 57.6 Å². The Morgan fingerprint density at radius 2 is 1.88 bits per heavy atom. The van der Waals surface area contributed by atoms with Crippen molar-refractivity contribution in [1.82, 2.24) is 4.90 Å². The first-order valence-electron chi connectivity index (χ1n) is 9.86.